The lowest BCUT2D eigenvalue weighted by Crippen LogP contribution is -2.30. The third-order valence-corrected chi connectivity index (χ3v) is 5.08. The van der Waals surface area contributed by atoms with E-state index in [9.17, 15) is 21.6 Å². The maximum atomic E-state index is 12.4. The second-order valence-electron chi connectivity index (χ2n) is 5.60. The van der Waals surface area contributed by atoms with Crippen molar-refractivity contribution in [2.75, 3.05) is 0 Å². The first-order chi connectivity index (χ1) is 9.16. The van der Waals surface area contributed by atoms with Crippen molar-refractivity contribution < 1.29 is 25.8 Å². The van der Waals surface area contributed by atoms with E-state index in [4.69, 9.17) is 0 Å². The summed E-state index contributed by atoms with van der Waals surface area (Å²) in [7, 11) is -5.57. The summed E-state index contributed by atoms with van der Waals surface area (Å²) in [5.74, 6) is -0.368. The number of hydrogen-bond acceptors (Lipinski definition) is 3. The monoisotopic (exact) mass is 310 g/mol. The lowest BCUT2D eigenvalue weighted by molar-refractivity contribution is -0.0530. The van der Waals surface area contributed by atoms with E-state index in [-0.39, 0.29) is 17.1 Å². The molecule has 20 heavy (non-hydrogen) atoms. The van der Waals surface area contributed by atoms with Crippen LogP contribution in [-0.4, -0.2) is 13.9 Å². The molecule has 0 fully saturated rings. The highest BCUT2D eigenvalue weighted by Gasteiger charge is 2.51. The van der Waals surface area contributed by atoms with Crippen LogP contribution in [0.1, 0.15) is 39.0 Å². The van der Waals surface area contributed by atoms with Gasteiger partial charge in [0.1, 0.15) is 5.76 Å². The lowest BCUT2D eigenvalue weighted by atomic mass is 9.72. The van der Waals surface area contributed by atoms with Crippen LogP contribution in [0.2, 0.25) is 0 Å². The van der Waals surface area contributed by atoms with Crippen molar-refractivity contribution >= 4 is 10.1 Å². The molecular weight excluding hydrogens is 293 g/mol. The molecule has 0 amide bonds. The minimum absolute atomic E-state index is 0.0589. The smallest absolute Gasteiger partial charge is 0.381 e. The molecule has 114 valence electrons. The second-order valence-corrected chi connectivity index (χ2v) is 7.14. The average molecular weight is 310 g/mol. The molecule has 0 saturated heterocycles. The van der Waals surface area contributed by atoms with Crippen LogP contribution in [0.25, 0.3) is 0 Å². The number of rotatable bonds is 2. The van der Waals surface area contributed by atoms with Gasteiger partial charge in [-0.25, -0.2) is 0 Å². The third-order valence-electron chi connectivity index (χ3n) is 4.10. The average Bonchev–Trinajstić information content (AvgIpc) is 2.55. The molecule has 0 radical (unpaired) electrons. The number of halogens is 3. The van der Waals surface area contributed by atoms with E-state index in [1.54, 1.807) is 0 Å². The fraction of sp³-hybridized carbons (Fsp3) is 0.692. The largest absolute Gasteiger partial charge is 0.534 e. The number of fused-ring (bicyclic) bond motifs is 1. The van der Waals surface area contributed by atoms with E-state index in [1.165, 1.54) is 6.08 Å². The number of alkyl halides is 3. The summed E-state index contributed by atoms with van der Waals surface area (Å²) >= 11 is 0. The van der Waals surface area contributed by atoms with E-state index in [0.29, 0.717) is 12.8 Å². The molecule has 7 heteroatoms. The minimum atomic E-state index is -5.57. The summed E-state index contributed by atoms with van der Waals surface area (Å²) in [6, 6.07) is 0. The Hall–Kier alpha value is -0.980. The highest BCUT2D eigenvalue weighted by molar-refractivity contribution is 7.87. The Kier molecular flexibility index (Phi) is 3.92. The van der Waals surface area contributed by atoms with Crippen LogP contribution in [0.4, 0.5) is 13.2 Å². The molecule has 2 atom stereocenters. The first kappa shape index (κ1) is 15.4. The van der Waals surface area contributed by atoms with Crippen molar-refractivity contribution in [3.8, 4) is 0 Å². The van der Waals surface area contributed by atoms with E-state index in [2.05, 4.69) is 4.18 Å². The Balaban J connectivity index is 2.22. The third kappa shape index (κ3) is 2.87. The van der Waals surface area contributed by atoms with E-state index < -0.39 is 15.6 Å². The summed E-state index contributed by atoms with van der Waals surface area (Å²) < 4.78 is 63.8. The zero-order valence-electron chi connectivity index (χ0n) is 11.1. The minimum Gasteiger partial charge on any atom is -0.381 e. The van der Waals surface area contributed by atoms with Gasteiger partial charge < -0.3 is 4.18 Å². The molecule has 2 aliphatic carbocycles. The van der Waals surface area contributed by atoms with Crippen molar-refractivity contribution in [3.05, 3.63) is 24.0 Å². The van der Waals surface area contributed by atoms with Gasteiger partial charge in [0.25, 0.3) is 0 Å². The summed E-state index contributed by atoms with van der Waals surface area (Å²) in [5.41, 5.74) is -5.61. The zero-order valence-corrected chi connectivity index (χ0v) is 11.9. The molecule has 0 bridgehead atoms. The summed E-state index contributed by atoms with van der Waals surface area (Å²) in [6.45, 7) is 1.98. The predicted molar refractivity (Wildman–Crippen MR) is 68.0 cm³/mol. The van der Waals surface area contributed by atoms with Crippen molar-refractivity contribution in [3.63, 3.8) is 0 Å². The van der Waals surface area contributed by atoms with Gasteiger partial charge in [0.15, 0.2) is 0 Å². The van der Waals surface area contributed by atoms with Gasteiger partial charge in [-0.05, 0) is 43.6 Å². The summed E-state index contributed by atoms with van der Waals surface area (Å²) in [4.78, 5) is 0. The van der Waals surface area contributed by atoms with Crippen molar-refractivity contribution in [1.29, 1.82) is 0 Å². The lowest BCUT2D eigenvalue weighted by Gasteiger charge is -2.33. The molecule has 2 unspecified atom stereocenters. The molecule has 0 N–H and O–H groups in total. The molecule has 0 spiro atoms. The van der Waals surface area contributed by atoms with Crippen molar-refractivity contribution in [2.45, 2.75) is 44.5 Å². The summed E-state index contributed by atoms with van der Waals surface area (Å²) in [5, 5.41) is 0. The Morgan fingerprint density at radius 2 is 2.05 bits per heavy atom. The molecule has 0 aromatic rings. The Morgan fingerprint density at radius 1 is 1.35 bits per heavy atom. The van der Waals surface area contributed by atoms with Gasteiger partial charge in [-0.3, -0.25) is 0 Å². The molecule has 3 nitrogen and oxygen atoms in total. The molecular formula is C13H17F3O3S. The standard InChI is InChI=1S/C13H17F3O3S/c1-12-8-5-3-2-4-6-10(12)11(7-9-12)19-20(17,18)13(14,15)16/h2,4,7,10H,3,5-6,8-9H2,1H3/b4-2-. The van der Waals surface area contributed by atoms with Gasteiger partial charge >= 0.3 is 15.6 Å². The van der Waals surface area contributed by atoms with Crippen molar-refractivity contribution in [2.24, 2.45) is 11.3 Å². The molecule has 0 heterocycles. The van der Waals surface area contributed by atoms with Gasteiger partial charge in [0, 0.05) is 5.92 Å². The molecule has 0 aromatic carbocycles. The molecule has 0 saturated carbocycles. The predicted octanol–water partition coefficient (Wildman–Crippen LogP) is 3.89. The van der Waals surface area contributed by atoms with Crippen LogP contribution >= 0.6 is 0 Å². The normalized spacial score (nSPS) is 32.8. The van der Waals surface area contributed by atoms with Crippen LogP contribution in [0, 0.1) is 11.3 Å². The van der Waals surface area contributed by atoms with Gasteiger partial charge in [-0.1, -0.05) is 19.1 Å². The number of hydrogen-bond donors (Lipinski definition) is 0. The fourth-order valence-electron chi connectivity index (χ4n) is 2.88. The Labute approximate surface area is 116 Å². The van der Waals surface area contributed by atoms with E-state index >= 15 is 0 Å². The Bertz CT molecular complexity index is 534. The maximum Gasteiger partial charge on any atom is 0.534 e. The highest BCUT2D eigenvalue weighted by atomic mass is 32.2. The first-order valence-corrected chi connectivity index (χ1v) is 7.92. The van der Waals surface area contributed by atoms with Crippen molar-refractivity contribution in [1.82, 2.24) is 0 Å². The SMILES string of the molecule is CC12CC=C(OS(=O)(=O)C(F)(F)F)C1C/C=C\CCC2. The van der Waals surface area contributed by atoms with Crippen LogP contribution < -0.4 is 0 Å². The Morgan fingerprint density at radius 3 is 2.70 bits per heavy atom. The summed E-state index contributed by atoms with van der Waals surface area (Å²) in [6.07, 6.45) is 9.16. The molecule has 2 aliphatic rings. The van der Waals surface area contributed by atoms with Crippen LogP contribution in [0.3, 0.4) is 0 Å². The quantitative estimate of drug-likeness (QED) is 0.441. The van der Waals surface area contributed by atoms with Gasteiger partial charge in [0.05, 0.1) is 0 Å². The van der Waals surface area contributed by atoms with E-state index in [1.807, 2.05) is 19.1 Å². The maximum absolute atomic E-state index is 12.4. The second kappa shape index (κ2) is 5.09. The van der Waals surface area contributed by atoms with Crippen LogP contribution in [-0.2, 0) is 14.3 Å². The van der Waals surface area contributed by atoms with Gasteiger partial charge in [-0.2, -0.15) is 21.6 Å². The fourth-order valence-corrected chi connectivity index (χ4v) is 3.41. The molecule has 2 rings (SSSR count). The van der Waals surface area contributed by atoms with Crippen LogP contribution in [0.15, 0.2) is 24.0 Å². The van der Waals surface area contributed by atoms with E-state index in [0.717, 1.165) is 19.3 Å². The number of allylic oxidation sites excluding steroid dienone is 4. The van der Waals surface area contributed by atoms with Gasteiger partial charge in [-0.15, -0.1) is 0 Å². The molecule has 0 aromatic heterocycles. The van der Waals surface area contributed by atoms with Gasteiger partial charge in [0.2, 0.25) is 0 Å². The topological polar surface area (TPSA) is 43.4 Å². The molecule has 0 aliphatic heterocycles. The van der Waals surface area contributed by atoms with Crippen LogP contribution in [0.5, 0.6) is 0 Å². The zero-order chi connectivity index (χ0) is 15.0. The highest BCUT2D eigenvalue weighted by Crippen LogP contribution is 2.50. The first-order valence-electron chi connectivity index (χ1n) is 6.51.